The van der Waals surface area contributed by atoms with Gasteiger partial charge in [0.2, 0.25) is 15.9 Å². The number of anilines is 1. The average molecular weight is 487 g/mol. The molecule has 0 heterocycles. The first-order valence-electron chi connectivity index (χ1n) is 10.2. The zero-order valence-corrected chi connectivity index (χ0v) is 19.1. The van der Waals surface area contributed by atoms with Crippen LogP contribution in [0.4, 0.5) is 5.69 Å². The number of aliphatic carboxylic acids is 1. The maximum atomic E-state index is 12.9. The van der Waals surface area contributed by atoms with Crippen LogP contribution in [0.3, 0.4) is 0 Å². The lowest BCUT2D eigenvalue weighted by atomic mass is 10.0. The largest absolute Gasteiger partial charge is 0.481 e. The van der Waals surface area contributed by atoms with Crippen molar-refractivity contribution < 1.29 is 23.1 Å². The highest BCUT2D eigenvalue weighted by molar-refractivity contribution is 7.89. The molecule has 0 saturated heterocycles. The first-order chi connectivity index (χ1) is 15.7. The van der Waals surface area contributed by atoms with Crippen molar-refractivity contribution in [1.29, 1.82) is 0 Å². The molecular weight excluding hydrogens is 464 g/mol. The van der Waals surface area contributed by atoms with Crippen molar-refractivity contribution in [2.45, 2.75) is 30.2 Å². The zero-order valence-electron chi connectivity index (χ0n) is 17.6. The van der Waals surface area contributed by atoms with Crippen LogP contribution in [0.15, 0.2) is 83.8 Å². The van der Waals surface area contributed by atoms with Crippen LogP contribution in [0.5, 0.6) is 0 Å². The molecule has 0 bridgehead atoms. The second kappa shape index (κ2) is 11.1. The summed E-state index contributed by atoms with van der Waals surface area (Å²) in [7, 11) is -3.90. The summed E-state index contributed by atoms with van der Waals surface area (Å²) in [5, 5.41) is 12.0. The van der Waals surface area contributed by atoms with Crippen molar-refractivity contribution in [3.8, 4) is 0 Å². The van der Waals surface area contributed by atoms with E-state index in [1.165, 1.54) is 24.3 Å². The first kappa shape index (κ1) is 24.4. The predicted molar refractivity (Wildman–Crippen MR) is 127 cm³/mol. The highest BCUT2D eigenvalue weighted by Gasteiger charge is 2.24. The Balaban J connectivity index is 1.72. The first-order valence-corrected chi connectivity index (χ1v) is 12.0. The molecule has 3 aromatic rings. The van der Waals surface area contributed by atoms with E-state index in [9.17, 15) is 18.0 Å². The van der Waals surface area contributed by atoms with Crippen molar-refractivity contribution >= 4 is 39.2 Å². The normalized spacial score (nSPS) is 12.2. The van der Waals surface area contributed by atoms with Gasteiger partial charge in [-0.25, -0.2) is 13.1 Å². The fourth-order valence-corrected chi connectivity index (χ4v) is 4.54. The number of hydrogen-bond acceptors (Lipinski definition) is 4. The molecule has 1 unspecified atom stereocenters. The molecule has 172 valence electrons. The number of halogens is 1. The van der Waals surface area contributed by atoms with Crippen molar-refractivity contribution in [3.05, 3.63) is 95.0 Å². The van der Waals surface area contributed by atoms with Gasteiger partial charge in [-0.3, -0.25) is 9.59 Å². The molecule has 0 fully saturated rings. The van der Waals surface area contributed by atoms with Gasteiger partial charge in [0, 0.05) is 23.6 Å². The fourth-order valence-electron chi connectivity index (χ4n) is 3.19. The lowest BCUT2D eigenvalue weighted by Crippen LogP contribution is -2.31. The molecule has 1 atom stereocenters. The molecule has 0 aromatic heterocycles. The van der Waals surface area contributed by atoms with Crippen LogP contribution < -0.4 is 10.0 Å². The van der Waals surface area contributed by atoms with Gasteiger partial charge in [0.05, 0.1) is 10.9 Å². The minimum Gasteiger partial charge on any atom is -0.481 e. The summed E-state index contributed by atoms with van der Waals surface area (Å²) in [5.41, 5.74) is 2.02. The summed E-state index contributed by atoms with van der Waals surface area (Å²) in [6.45, 7) is 0. The number of carboxylic acids is 1. The third-order valence-corrected chi connectivity index (χ3v) is 6.62. The van der Waals surface area contributed by atoms with E-state index in [4.69, 9.17) is 16.7 Å². The standard InChI is InChI=1S/C24H23ClN2O5S/c25-19-9-13-21(14-10-19)33(31,32)27-22(18-4-2-1-3-5-18)16-23(28)26-20-11-6-17(7-12-20)8-15-24(29)30/h1-7,9-14,22,27H,8,15-16H2,(H,26,28)(H,29,30). The van der Waals surface area contributed by atoms with E-state index in [1.54, 1.807) is 54.6 Å². The van der Waals surface area contributed by atoms with E-state index in [2.05, 4.69) is 10.0 Å². The van der Waals surface area contributed by atoms with Crippen molar-refractivity contribution in [2.24, 2.45) is 0 Å². The van der Waals surface area contributed by atoms with Crippen LogP contribution in [-0.4, -0.2) is 25.4 Å². The van der Waals surface area contributed by atoms with E-state index in [0.717, 1.165) is 5.56 Å². The highest BCUT2D eigenvalue weighted by Crippen LogP contribution is 2.22. The summed E-state index contributed by atoms with van der Waals surface area (Å²) in [4.78, 5) is 23.5. The summed E-state index contributed by atoms with van der Waals surface area (Å²) >= 11 is 5.86. The van der Waals surface area contributed by atoms with Crippen LogP contribution in [-0.2, 0) is 26.0 Å². The maximum Gasteiger partial charge on any atom is 0.303 e. The number of nitrogens with one attached hydrogen (secondary N) is 2. The zero-order chi connectivity index (χ0) is 23.8. The Labute approximate surface area is 197 Å². The minimum atomic E-state index is -3.90. The Morgan fingerprint density at radius 3 is 2.15 bits per heavy atom. The number of sulfonamides is 1. The lowest BCUT2D eigenvalue weighted by Gasteiger charge is -2.19. The van der Waals surface area contributed by atoms with E-state index in [1.807, 2.05) is 0 Å². The molecular formula is C24H23ClN2O5S. The number of carboxylic acid groups (broad SMARTS) is 1. The smallest absolute Gasteiger partial charge is 0.303 e. The van der Waals surface area contributed by atoms with Crippen LogP contribution in [0.25, 0.3) is 0 Å². The van der Waals surface area contributed by atoms with Gasteiger partial charge >= 0.3 is 5.97 Å². The number of carbonyl (C=O) groups excluding carboxylic acids is 1. The van der Waals surface area contributed by atoms with Crippen LogP contribution >= 0.6 is 11.6 Å². The number of benzene rings is 3. The Morgan fingerprint density at radius 1 is 0.909 bits per heavy atom. The average Bonchev–Trinajstić information content (AvgIpc) is 2.79. The van der Waals surface area contributed by atoms with Gasteiger partial charge in [-0.1, -0.05) is 54.1 Å². The monoisotopic (exact) mass is 486 g/mol. The van der Waals surface area contributed by atoms with Crippen LogP contribution in [0.2, 0.25) is 5.02 Å². The van der Waals surface area contributed by atoms with Crippen molar-refractivity contribution in [1.82, 2.24) is 4.72 Å². The van der Waals surface area contributed by atoms with E-state index in [0.29, 0.717) is 22.7 Å². The number of aryl methyl sites for hydroxylation is 1. The van der Waals surface area contributed by atoms with Crippen molar-refractivity contribution in [2.75, 3.05) is 5.32 Å². The molecule has 1 amide bonds. The predicted octanol–water partition coefficient (Wildman–Crippen LogP) is 4.41. The van der Waals surface area contributed by atoms with Crippen molar-refractivity contribution in [3.63, 3.8) is 0 Å². The molecule has 0 aliphatic rings. The molecule has 9 heteroatoms. The molecule has 0 saturated carbocycles. The Bertz CT molecular complexity index is 1200. The SMILES string of the molecule is O=C(O)CCc1ccc(NC(=O)CC(NS(=O)(=O)c2ccc(Cl)cc2)c2ccccc2)cc1. The van der Waals surface area contributed by atoms with E-state index >= 15 is 0 Å². The van der Waals surface area contributed by atoms with Gasteiger partial charge < -0.3 is 10.4 Å². The Kier molecular flexibility index (Phi) is 8.21. The maximum absolute atomic E-state index is 12.9. The summed E-state index contributed by atoms with van der Waals surface area (Å²) in [6, 6.07) is 20.7. The molecule has 0 aliphatic heterocycles. The van der Waals surface area contributed by atoms with Crippen LogP contribution in [0.1, 0.15) is 30.0 Å². The molecule has 3 N–H and O–H groups in total. The summed E-state index contributed by atoms with van der Waals surface area (Å²) in [6.07, 6.45) is 0.294. The molecule has 33 heavy (non-hydrogen) atoms. The topological polar surface area (TPSA) is 113 Å². The highest BCUT2D eigenvalue weighted by atomic mass is 35.5. The molecule has 3 rings (SSSR count). The number of amides is 1. The molecule has 0 spiro atoms. The van der Waals surface area contributed by atoms with E-state index in [-0.39, 0.29) is 23.6 Å². The summed E-state index contributed by atoms with van der Waals surface area (Å²) < 4.78 is 28.4. The van der Waals surface area contributed by atoms with Gasteiger partial charge in [-0.15, -0.1) is 0 Å². The molecule has 3 aromatic carbocycles. The van der Waals surface area contributed by atoms with Gasteiger partial charge in [0.1, 0.15) is 0 Å². The number of carbonyl (C=O) groups is 2. The second-order valence-corrected chi connectivity index (χ2v) is 9.53. The fraction of sp³-hybridized carbons (Fsp3) is 0.167. The number of hydrogen-bond donors (Lipinski definition) is 3. The van der Waals surface area contributed by atoms with Gasteiger partial charge in [-0.05, 0) is 53.9 Å². The van der Waals surface area contributed by atoms with Gasteiger partial charge in [0.25, 0.3) is 0 Å². The molecule has 0 radical (unpaired) electrons. The second-order valence-electron chi connectivity index (χ2n) is 7.38. The quantitative estimate of drug-likeness (QED) is 0.393. The van der Waals surface area contributed by atoms with Gasteiger partial charge in [0.15, 0.2) is 0 Å². The molecule has 7 nitrogen and oxygen atoms in total. The minimum absolute atomic E-state index is 0.0260. The number of rotatable bonds is 10. The molecule has 0 aliphatic carbocycles. The third-order valence-electron chi connectivity index (χ3n) is 4.88. The lowest BCUT2D eigenvalue weighted by molar-refractivity contribution is -0.137. The summed E-state index contributed by atoms with van der Waals surface area (Å²) in [5.74, 6) is -1.25. The Morgan fingerprint density at radius 2 is 1.55 bits per heavy atom. The third kappa shape index (κ3) is 7.42. The Hall–Kier alpha value is -3.20. The van der Waals surface area contributed by atoms with Crippen LogP contribution in [0, 0.1) is 0 Å². The van der Waals surface area contributed by atoms with Gasteiger partial charge in [-0.2, -0.15) is 0 Å². The van der Waals surface area contributed by atoms with E-state index < -0.39 is 22.0 Å².